The van der Waals surface area contributed by atoms with Gasteiger partial charge in [-0.05, 0) is 0 Å². The molecule has 0 bridgehead atoms. The van der Waals surface area contributed by atoms with E-state index in [2.05, 4.69) is 25.7 Å². The van der Waals surface area contributed by atoms with Gasteiger partial charge in [0, 0.05) is 5.33 Å². The monoisotopic (exact) mass is 301 g/mol. The molecule has 1 heterocycles. The van der Waals surface area contributed by atoms with E-state index in [1.165, 1.54) is 0 Å². The molecule has 0 atom stereocenters. The quantitative estimate of drug-likeness (QED) is 0.871. The second-order valence-electron chi connectivity index (χ2n) is 2.68. The van der Waals surface area contributed by atoms with E-state index < -0.39 is 17.7 Å². The Hall–Kier alpha value is -1.18. The summed E-state index contributed by atoms with van der Waals surface area (Å²) in [5, 5.41) is 0.0561. The number of H-pyrrole nitrogens is 1. The fourth-order valence-electron chi connectivity index (χ4n) is 1.08. The first-order valence-corrected chi connectivity index (χ1v) is 5.11. The number of nitrogens with one attached hydrogen (secondary N) is 1. The summed E-state index contributed by atoms with van der Waals surface area (Å²) in [6.45, 7) is 0. The lowest BCUT2D eigenvalue weighted by molar-refractivity contribution is -0.275. The van der Waals surface area contributed by atoms with Crippen molar-refractivity contribution < 1.29 is 22.6 Å². The Morgan fingerprint density at radius 2 is 2.12 bits per heavy atom. The van der Waals surface area contributed by atoms with Gasteiger partial charge in [-0.25, -0.2) is 0 Å². The number of ether oxygens (including phenoxy) is 2. The van der Waals surface area contributed by atoms with Gasteiger partial charge in [-0.2, -0.15) is 0 Å². The molecule has 1 rings (SSSR count). The van der Waals surface area contributed by atoms with E-state index in [4.69, 9.17) is 4.74 Å². The third-order valence-electron chi connectivity index (χ3n) is 1.67. The van der Waals surface area contributed by atoms with Crippen molar-refractivity contribution in [2.75, 3.05) is 7.11 Å². The molecule has 1 aromatic heterocycles. The van der Waals surface area contributed by atoms with Gasteiger partial charge in [0.2, 0.25) is 0 Å². The zero-order chi connectivity index (χ0) is 12.3. The molecule has 0 saturated heterocycles. The summed E-state index contributed by atoms with van der Waals surface area (Å²) >= 11 is 2.98. The Balaban J connectivity index is 3.25. The SMILES string of the molecule is COc1c(OC(F)(F)F)c[nH]c(=O)c1CBr. The maximum Gasteiger partial charge on any atom is 0.573 e. The largest absolute Gasteiger partial charge is 0.573 e. The van der Waals surface area contributed by atoms with Crippen molar-refractivity contribution in [1.29, 1.82) is 0 Å². The van der Waals surface area contributed by atoms with E-state index in [1.807, 2.05) is 0 Å². The first kappa shape index (κ1) is 12.9. The normalized spacial score (nSPS) is 11.3. The molecule has 1 aromatic rings. The summed E-state index contributed by atoms with van der Waals surface area (Å²) in [5.74, 6) is -0.818. The highest BCUT2D eigenvalue weighted by Crippen LogP contribution is 2.33. The standard InChI is InChI=1S/C8H7BrF3NO3/c1-15-6-4(2-9)7(14)13-3-5(6)16-8(10,11)12/h3H,2H2,1H3,(H,13,14). The number of hydrogen-bond donors (Lipinski definition) is 1. The van der Waals surface area contributed by atoms with Crippen LogP contribution in [0.5, 0.6) is 11.5 Å². The van der Waals surface area contributed by atoms with Crippen molar-refractivity contribution in [3.8, 4) is 11.5 Å². The third-order valence-corrected chi connectivity index (χ3v) is 2.23. The van der Waals surface area contributed by atoms with Crippen molar-refractivity contribution >= 4 is 15.9 Å². The minimum absolute atomic E-state index is 0.0317. The average Bonchev–Trinajstić information content (AvgIpc) is 2.18. The van der Waals surface area contributed by atoms with Crippen LogP contribution in [0.3, 0.4) is 0 Å². The van der Waals surface area contributed by atoms with Gasteiger partial charge in [-0.1, -0.05) is 15.9 Å². The summed E-state index contributed by atoms with van der Waals surface area (Å²) < 4.78 is 44.5. The van der Waals surface area contributed by atoms with Crippen LogP contribution in [-0.2, 0) is 5.33 Å². The van der Waals surface area contributed by atoms with Crippen molar-refractivity contribution in [3.63, 3.8) is 0 Å². The maximum absolute atomic E-state index is 12.0. The van der Waals surface area contributed by atoms with Crippen LogP contribution in [0.15, 0.2) is 11.0 Å². The van der Waals surface area contributed by atoms with Gasteiger partial charge in [0.05, 0.1) is 18.9 Å². The van der Waals surface area contributed by atoms with Crippen molar-refractivity contribution in [1.82, 2.24) is 4.98 Å². The molecule has 0 aliphatic heterocycles. The number of aromatic amines is 1. The van der Waals surface area contributed by atoms with Crippen LogP contribution in [0, 0.1) is 0 Å². The van der Waals surface area contributed by atoms with Gasteiger partial charge in [0.15, 0.2) is 11.5 Å². The summed E-state index contributed by atoms with van der Waals surface area (Å²) in [7, 11) is 1.16. The number of methoxy groups -OCH3 is 1. The number of aromatic nitrogens is 1. The van der Waals surface area contributed by atoms with Gasteiger partial charge in [-0.3, -0.25) is 4.79 Å². The predicted molar refractivity (Wildman–Crippen MR) is 52.9 cm³/mol. The molecule has 0 aliphatic carbocycles. The van der Waals surface area contributed by atoms with Crippen LogP contribution in [0.1, 0.15) is 5.56 Å². The fraction of sp³-hybridized carbons (Fsp3) is 0.375. The molecular weight excluding hydrogens is 295 g/mol. The first-order valence-electron chi connectivity index (χ1n) is 3.99. The first-order chi connectivity index (χ1) is 7.39. The lowest BCUT2D eigenvalue weighted by Crippen LogP contribution is -2.20. The van der Waals surface area contributed by atoms with E-state index in [0.717, 1.165) is 13.3 Å². The summed E-state index contributed by atoms with van der Waals surface area (Å²) in [5.41, 5.74) is -0.507. The molecule has 90 valence electrons. The van der Waals surface area contributed by atoms with Crippen molar-refractivity contribution in [3.05, 3.63) is 22.1 Å². The minimum atomic E-state index is -4.84. The van der Waals surface area contributed by atoms with E-state index in [-0.39, 0.29) is 16.6 Å². The Kier molecular flexibility index (Phi) is 3.84. The smallest absolute Gasteiger partial charge is 0.492 e. The van der Waals surface area contributed by atoms with Gasteiger partial charge >= 0.3 is 6.36 Å². The highest BCUT2D eigenvalue weighted by molar-refractivity contribution is 9.08. The summed E-state index contributed by atoms with van der Waals surface area (Å²) in [6.07, 6.45) is -4.03. The molecule has 0 amide bonds. The molecular formula is C8H7BrF3NO3. The van der Waals surface area contributed by atoms with E-state index in [1.54, 1.807) is 0 Å². The Labute approximate surface area is 96.5 Å². The van der Waals surface area contributed by atoms with Crippen LogP contribution in [0.25, 0.3) is 0 Å². The van der Waals surface area contributed by atoms with Gasteiger partial charge < -0.3 is 14.5 Å². The Bertz CT molecular complexity index is 430. The van der Waals surface area contributed by atoms with Crippen molar-refractivity contribution in [2.45, 2.75) is 11.7 Å². The number of rotatable bonds is 3. The molecule has 0 unspecified atom stereocenters. The number of alkyl halides is 4. The zero-order valence-corrected chi connectivity index (χ0v) is 9.61. The van der Waals surface area contributed by atoms with Crippen LogP contribution in [-0.4, -0.2) is 18.5 Å². The highest BCUT2D eigenvalue weighted by Gasteiger charge is 2.33. The lowest BCUT2D eigenvalue weighted by atomic mass is 10.2. The number of pyridine rings is 1. The molecule has 16 heavy (non-hydrogen) atoms. The lowest BCUT2D eigenvalue weighted by Gasteiger charge is -2.13. The molecule has 0 radical (unpaired) electrons. The second kappa shape index (κ2) is 4.77. The summed E-state index contributed by atoms with van der Waals surface area (Å²) in [4.78, 5) is 13.4. The second-order valence-corrected chi connectivity index (χ2v) is 3.24. The van der Waals surface area contributed by atoms with Gasteiger partial charge in [-0.15, -0.1) is 13.2 Å². The Morgan fingerprint density at radius 3 is 2.56 bits per heavy atom. The minimum Gasteiger partial charge on any atom is -0.492 e. The van der Waals surface area contributed by atoms with E-state index in [0.29, 0.717) is 0 Å². The van der Waals surface area contributed by atoms with Crippen LogP contribution < -0.4 is 15.0 Å². The maximum atomic E-state index is 12.0. The molecule has 0 fully saturated rings. The van der Waals surface area contributed by atoms with E-state index >= 15 is 0 Å². The van der Waals surface area contributed by atoms with Crippen molar-refractivity contribution in [2.24, 2.45) is 0 Å². The average molecular weight is 302 g/mol. The van der Waals surface area contributed by atoms with Gasteiger partial charge in [0.1, 0.15) is 0 Å². The molecule has 0 aliphatic rings. The van der Waals surface area contributed by atoms with Gasteiger partial charge in [0.25, 0.3) is 5.56 Å². The topological polar surface area (TPSA) is 51.3 Å². The summed E-state index contributed by atoms with van der Waals surface area (Å²) in [6, 6.07) is 0. The van der Waals surface area contributed by atoms with E-state index in [9.17, 15) is 18.0 Å². The molecule has 0 aromatic carbocycles. The molecule has 4 nitrogen and oxygen atoms in total. The molecule has 1 N–H and O–H groups in total. The third kappa shape index (κ3) is 2.91. The highest BCUT2D eigenvalue weighted by atomic mass is 79.9. The zero-order valence-electron chi connectivity index (χ0n) is 8.02. The Morgan fingerprint density at radius 1 is 1.50 bits per heavy atom. The van der Waals surface area contributed by atoms with Crippen LogP contribution in [0.2, 0.25) is 0 Å². The number of hydrogen-bond acceptors (Lipinski definition) is 3. The van der Waals surface area contributed by atoms with Crippen LogP contribution in [0.4, 0.5) is 13.2 Å². The van der Waals surface area contributed by atoms with Crippen LogP contribution >= 0.6 is 15.9 Å². The molecule has 8 heteroatoms. The molecule has 0 saturated carbocycles. The number of halogens is 4. The predicted octanol–water partition coefficient (Wildman–Crippen LogP) is 2.18. The molecule has 0 spiro atoms. The fourth-order valence-corrected chi connectivity index (χ4v) is 1.59.